The number of oxazole rings is 1. The van der Waals surface area contributed by atoms with Gasteiger partial charge in [-0.2, -0.15) is 0 Å². The van der Waals surface area contributed by atoms with Crippen LogP contribution in [-0.2, 0) is 26.2 Å². The number of benzene rings is 2. The lowest BCUT2D eigenvalue weighted by atomic mass is 9.79. The van der Waals surface area contributed by atoms with E-state index in [1.165, 1.54) is 56.2 Å². The maximum atomic E-state index is 14.5. The van der Waals surface area contributed by atoms with Gasteiger partial charge in [-0.3, -0.25) is 19.1 Å². The number of halogens is 1. The molecule has 0 amide bonds. The molecule has 4 aromatic rings. The molecular formula is C29H30FN3O8. The van der Waals surface area contributed by atoms with E-state index in [0.717, 1.165) is 0 Å². The topological polar surface area (TPSA) is 146 Å². The fraction of sp³-hybridized carbons (Fsp3) is 0.379. The average molecular weight is 568 g/mol. The summed E-state index contributed by atoms with van der Waals surface area (Å²) in [7, 11) is 1.45. The second-order valence-corrected chi connectivity index (χ2v) is 10.3. The van der Waals surface area contributed by atoms with Gasteiger partial charge in [-0.25, -0.2) is 14.2 Å². The Morgan fingerprint density at radius 2 is 2.00 bits per heavy atom. The van der Waals surface area contributed by atoms with Crippen LogP contribution < -0.4 is 16.0 Å². The smallest absolute Gasteiger partial charge is 0.328 e. The highest BCUT2D eigenvalue weighted by molar-refractivity contribution is 5.95. The lowest BCUT2D eigenvalue weighted by Crippen LogP contribution is -2.36. The van der Waals surface area contributed by atoms with Gasteiger partial charge in [0.05, 0.1) is 42.3 Å². The number of aliphatic carboxylic acids is 1. The van der Waals surface area contributed by atoms with Gasteiger partial charge in [-0.1, -0.05) is 0 Å². The minimum atomic E-state index is -1.58. The number of rotatable bonds is 9. The van der Waals surface area contributed by atoms with Crippen molar-refractivity contribution in [3.8, 4) is 17.2 Å². The summed E-state index contributed by atoms with van der Waals surface area (Å²) in [5.41, 5.74) is -2.09. The summed E-state index contributed by atoms with van der Waals surface area (Å²) in [4.78, 5) is 45.6. The summed E-state index contributed by atoms with van der Waals surface area (Å²) < 4.78 is 38.6. The Hall–Kier alpha value is -4.29. The highest BCUT2D eigenvalue weighted by Gasteiger charge is 2.37. The first-order valence-corrected chi connectivity index (χ1v) is 13.1. The van der Waals surface area contributed by atoms with Crippen LogP contribution in [0.15, 0.2) is 56.8 Å². The lowest BCUT2D eigenvalue weighted by Gasteiger charge is -2.30. The predicted molar refractivity (Wildman–Crippen MR) is 146 cm³/mol. The number of carboxylic acid groups (broad SMARTS) is 1. The van der Waals surface area contributed by atoms with Crippen molar-refractivity contribution in [2.75, 3.05) is 20.3 Å². The Labute approximate surface area is 233 Å². The molecule has 0 unspecified atom stereocenters. The second-order valence-electron chi connectivity index (χ2n) is 10.3. The minimum Gasteiger partial charge on any atom is -0.496 e. The zero-order chi connectivity index (χ0) is 29.3. The van der Waals surface area contributed by atoms with Crippen LogP contribution in [0.3, 0.4) is 0 Å². The molecule has 3 heterocycles. The molecule has 1 fully saturated rings. The van der Waals surface area contributed by atoms with Crippen LogP contribution in [0.4, 0.5) is 4.39 Å². The number of fused-ring (bicyclic) bond motifs is 1. The number of carboxylic acids is 1. The summed E-state index contributed by atoms with van der Waals surface area (Å²) >= 11 is 0. The van der Waals surface area contributed by atoms with E-state index in [-0.39, 0.29) is 35.0 Å². The molecule has 1 aliphatic rings. The Kier molecular flexibility index (Phi) is 7.78. The van der Waals surface area contributed by atoms with E-state index < -0.39 is 34.6 Å². The van der Waals surface area contributed by atoms with Crippen molar-refractivity contribution >= 4 is 16.9 Å². The molecule has 0 spiro atoms. The van der Waals surface area contributed by atoms with Gasteiger partial charge >= 0.3 is 11.7 Å². The molecule has 1 atom stereocenters. The number of hydrogen-bond donors (Lipinski definition) is 2. The van der Waals surface area contributed by atoms with Crippen molar-refractivity contribution in [1.82, 2.24) is 14.5 Å². The standard InChI is InChI=1S/C29H30FN3O8/c1-29(2,27(35)36)24-18(26-31-10-13-40-26)5-6-20-23(24)25(34)32-28(37)33(20)15-22(41-17-8-11-39-12-9-17)19-14-16(30)4-7-21(19)38-3/h4-7,10,13-14,17,22H,8-9,11-12,15H2,1-3H3,(H,35,36)(H,32,34,37)/t22-/m0/s1. The SMILES string of the molecule is COc1ccc(F)cc1[C@H](Cn1c(=O)[nH]c(=O)c2c(C(C)(C)C(=O)O)c(-c3ncco3)ccc21)OC1CCOCC1. The second kappa shape index (κ2) is 11.3. The molecule has 11 nitrogen and oxygen atoms in total. The minimum absolute atomic E-state index is 0.0104. The number of nitrogens with one attached hydrogen (secondary N) is 1. The number of carbonyl (C=O) groups is 1. The first-order chi connectivity index (χ1) is 19.6. The number of methoxy groups -OCH3 is 1. The molecule has 1 aliphatic heterocycles. The summed E-state index contributed by atoms with van der Waals surface area (Å²) in [6, 6.07) is 7.15. The van der Waals surface area contributed by atoms with Crippen LogP contribution in [0.2, 0.25) is 0 Å². The van der Waals surface area contributed by atoms with Crippen molar-refractivity contribution in [2.24, 2.45) is 0 Å². The number of H-pyrrole nitrogens is 1. The van der Waals surface area contributed by atoms with Crippen LogP contribution in [0.25, 0.3) is 22.4 Å². The maximum absolute atomic E-state index is 14.5. The zero-order valence-corrected chi connectivity index (χ0v) is 22.8. The van der Waals surface area contributed by atoms with Gasteiger partial charge in [0.15, 0.2) is 0 Å². The molecule has 0 saturated carbocycles. The molecule has 0 radical (unpaired) electrons. The fourth-order valence-corrected chi connectivity index (χ4v) is 5.24. The first-order valence-electron chi connectivity index (χ1n) is 13.1. The largest absolute Gasteiger partial charge is 0.496 e. The Morgan fingerprint density at radius 1 is 1.24 bits per heavy atom. The number of aromatic nitrogens is 3. The molecule has 12 heteroatoms. The molecule has 2 aromatic carbocycles. The molecule has 0 bridgehead atoms. The summed E-state index contributed by atoms with van der Waals surface area (Å²) in [5, 5.41) is 10.1. The first kappa shape index (κ1) is 28.2. The van der Waals surface area contributed by atoms with Gasteiger partial charge in [-0.15, -0.1) is 0 Å². The molecule has 41 heavy (non-hydrogen) atoms. The highest BCUT2D eigenvalue weighted by Crippen LogP contribution is 2.38. The van der Waals surface area contributed by atoms with Crippen LogP contribution in [0.1, 0.15) is 43.9 Å². The van der Waals surface area contributed by atoms with E-state index in [4.69, 9.17) is 18.6 Å². The van der Waals surface area contributed by atoms with E-state index in [1.54, 1.807) is 12.1 Å². The van der Waals surface area contributed by atoms with E-state index in [1.807, 2.05) is 0 Å². The van der Waals surface area contributed by atoms with Crippen molar-refractivity contribution in [2.45, 2.75) is 50.9 Å². The van der Waals surface area contributed by atoms with Crippen LogP contribution in [0, 0.1) is 5.82 Å². The van der Waals surface area contributed by atoms with Crippen LogP contribution >= 0.6 is 0 Å². The quantitative estimate of drug-likeness (QED) is 0.308. The monoisotopic (exact) mass is 567 g/mol. The predicted octanol–water partition coefficient (Wildman–Crippen LogP) is 3.79. The fourth-order valence-electron chi connectivity index (χ4n) is 5.24. The molecule has 0 aliphatic carbocycles. The summed E-state index contributed by atoms with van der Waals surface area (Å²) in [5.74, 6) is -1.22. The van der Waals surface area contributed by atoms with E-state index in [2.05, 4.69) is 9.97 Å². The summed E-state index contributed by atoms with van der Waals surface area (Å²) in [6.45, 7) is 3.78. The third-order valence-electron chi connectivity index (χ3n) is 7.40. The van der Waals surface area contributed by atoms with Crippen molar-refractivity contribution < 1.29 is 32.9 Å². The third kappa shape index (κ3) is 5.40. The Bertz CT molecular complexity index is 1690. The average Bonchev–Trinajstić information content (AvgIpc) is 3.49. The number of nitrogens with zero attached hydrogens (tertiary/aromatic N) is 2. The normalized spacial score (nSPS) is 15.2. The van der Waals surface area contributed by atoms with Crippen molar-refractivity contribution in [3.05, 3.63) is 80.6 Å². The molecule has 5 rings (SSSR count). The third-order valence-corrected chi connectivity index (χ3v) is 7.40. The molecular weight excluding hydrogens is 537 g/mol. The Balaban J connectivity index is 1.73. The molecule has 1 saturated heterocycles. The molecule has 2 aromatic heterocycles. The number of aromatic amines is 1. The molecule has 2 N–H and O–H groups in total. The summed E-state index contributed by atoms with van der Waals surface area (Å²) in [6.07, 6.45) is 2.86. The maximum Gasteiger partial charge on any atom is 0.328 e. The van der Waals surface area contributed by atoms with Crippen molar-refractivity contribution in [1.29, 1.82) is 0 Å². The van der Waals surface area contributed by atoms with Gasteiger partial charge in [-0.05, 0) is 62.6 Å². The Morgan fingerprint density at radius 3 is 2.66 bits per heavy atom. The van der Waals surface area contributed by atoms with Gasteiger partial charge in [0.2, 0.25) is 5.89 Å². The van der Waals surface area contributed by atoms with Gasteiger partial charge in [0.1, 0.15) is 23.9 Å². The van der Waals surface area contributed by atoms with E-state index in [0.29, 0.717) is 42.9 Å². The molecule has 216 valence electrons. The lowest BCUT2D eigenvalue weighted by molar-refractivity contribution is -0.142. The van der Waals surface area contributed by atoms with Gasteiger partial charge in [0.25, 0.3) is 5.56 Å². The number of hydrogen-bond acceptors (Lipinski definition) is 8. The van der Waals surface area contributed by atoms with E-state index >= 15 is 0 Å². The van der Waals surface area contributed by atoms with Crippen molar-refractivity contribution in [3.63, 3.8) is 0 Å². The van der Waals surface area contributed by atoms with Crippen LogP contribution in [-0.4, -0.2) is 52.0 Å². The van der Waals surface area contributed by atoms with E-state index in [9.17, 15) is 23.9 Å². The van der Waals surface area contributed by atoms with Crippen LogP contribution in [0.5, 0.6) is 5.75 Å². The van der Waals surface area contributed by atoms with Gasteiger partial charge < -0.3 is 23.7 Å². The van der Waals surface area contributed by atoms with Gasteiger partial charge in [0, 0.05) is 24.3 Å². The zero-order valence-electron chi connectivity index (χ0n) is 22.8. The number of ether oxygens (including phenoxy) is 3. The highest BCUT2D eigenvalue weighted by atomic mass is 19.1.